The van der Waals surface area contributed by atoms with E-state index in [1.54, 1.807) is 6.92 Å². The molecule has 0 aliphatic rings. The summed E-state index contributed by atoms with van der Waals surface area (Å²) < 4.78 is 9.74. The number of rotatable bonds is 6. The number of nitrogens with zero attached hydrogens (tertiary/aromatic N) is 2. The van der Waals surface area contributed by atoms with Crippen molar-refractivity contribution >= 4 is 5.97 Å². The summed E-state index contributed by atoms with van der Waals surface area (Å²) in [4.78, 5) is 15.5. The summed E-state index contributed by atoms with van der Waals surface area (Å²) in [5.74, 6) is 0.749. The van der Waals surface area contributed by atoms with E-state index in [4.69, 9.17) is 4.52 Å². The molecule has 6 heteroatoms. The van der Waals surface area contributed by atoms with Crippen LogP contribution in [-0.4, -0.2) is 29.3 Å². The lowest BCUT2D eigenvalue weighted by Crippen LogP contribution is -2.34. The Morgan fingerprint density at radius 2 is 2.15 bits per heavy atom. The predicted molar refractivity (Wildman–Crippen MR) is 71.9 cm³/mol. The topological polar surface area (TPSA) is 77.2 Å². The smallest absolute Gasteiger partial charge is 0.322 e. The van der Waals surface area contributed by atoms with Gasteiger partial charge in [-0.15, -0.1) is 0 Å². The zero-order valence-electron chi connectivity index (χ0n) is 11.5. The molecule has 2 rings (SSSR count). The van der Waals surface area contributed by atoms with Gasteiger partial charge in [-0.05, 0) is 12.5 Å². The molecular formula is C14H17N3O3. The second-order valence-electron chi connectivity index (χ2n) is 4.39. The van der Waals surface area contributed by atoms with Gasteiger partial charge < -0.3 is 9.26 Å². The second-order valence-corrected chi connectivity index (χ2v) is 4.39. The van der Waals surface area contributed by atoms with Crippen LogP contribution in [0.2, 0.25) is 0 Å². The molecular weight excluding hydrogens is 258 g/mol. The van der Waals surface area contributed by atoms with E-state index in [2.05, 4.69) is 20.2 Å². The van der Waals surface area contributed by atoms with E-state index >= 15 is 0 Å². The highest BCUT2D eigenvalue weighted by Gasteiger charge is 2.14. The number of methoxy groups -OCH3 is 1. The minimum absolute atomic E-state index is 0.325. The largest absolute Gasteiger partial charge is 0.468 e. The van der Waals surface area contributed by atoms with Gasteiger partial charge in [0.05, 0.1) is 13.7 Å². The van der Waals surface area contributed by atoms with Crippen LogP contribution >= 0.6 is 0 Å². The van der Waals surface area contributed by atoms with E-state index < -0.39 is 6.04 Å². The van der Waals surface area contributed by atoms with Gasteiger partial charge in [0.2, 0.25) is 5.89 Å². The number of hydrogen-bond donors (Lipinski definition) is 1. The van der Waals surface area contributed by atoms with E-state index in [0.29, 0.717) is 24.7 Å². The predicted octanol–water partition coefficient (Wildman–Crippen LogP) is 1.31. The molecule has 1 aromatic heterocycles. The van der Waals surface area contributed by atoms with Gasteiger partial charge in [0.15, 0.2) is 5.82 Å². The second kappa shape index (κ2) is 6.81. The average molecular weight is 275 g/mol. The summed E-state index contributed by atoms with van der Waals surface area (Å²) in [5, 5.41) is 6.87. The Kier molecular flexibility index (Phi) is 4.84. The lowest BCUT2D eigenvalue weighted by molar-refractivity contribution is -0.142. The van der Waals surface area contributed by atoms with E-state index in [0.717, 1.165) is 5.56 Å². The maximum absolute atomic E-state index is 11.2. The molecule has 0 saturated heterocycles. The summed E-state index contributed by atoms with van der Waals surface area (Å²) in [5.41, 5.74) is 1.12. The molecule has 1 unspecified atom stereocenters. The number of ether oxygens (including phenoxy) is 1. The van der Waals surface area contributed by atoms with E-state index in [1.807, 2.05) is 30.3 Å². The Hall–Kier alpha value is -2.21. The van der Waals surface area contributed by atoms with Crippen molar-refractivity contribution in [2.45, 2.75) is 25.9 Å². The Balaban J connectivity index is 1.88. The fraction of sp³-hybridized carbons (Fsp3) is 0.357. The third-order valence-corrected chi connectivity index (χ3v) is 2.83. The van der Waals surface area contributed by atoms with Gasteiger partial charge in [0.1, 0.15) is 6.04 Å². The highest BCUT2D eigenvalue weighted by Crippen LogP contribution is 2.06. The summed E-state index contributed by atoms with van der Waals surface area (Å²) in [6, 6.07) is 9.50. The fourth-order valence-electron chi connectivity index (χ4n) is 1.71. The maximum atomic E-state index is 11.2. The minimum atomic E-state index is -0.413. The van der Waals surface area contributed by atoms with Crippen LogP contribution in [0.5, 0.6) is 0 Å². The molecule has 0 aliphatic heterocycles. The number of hydrogen-bond acceptors (Lipinski definition) is 6. The lowest BCUT2D eigenvalue weighted by atomic mass is 10.1. The zero-order chi connectivity index (χ0) is 14.4. The fourth-order valence-corrected chi connectivity index (χ4v) is 1.71. The monoisotopic (exact) mass is 275 g/mol. The van der Waals surface area contributed by atoms with Crippen molar-refractivity contribution in [3.05, 3.63) is 47.6 Å². The standard InChI is InChI=1S/C14H17N3O3/c1-10(14(18)19-2)15-9-13-16-12(17-20-13)8-11-6-4-3-5-7-11/h3-7,10,15H,8-9H2,1-2H3. The van der Waals surface area contributed by atoms with Crippen molar-refractivity contribution in [3.8, 4) is 0 Å². The molecule has 1 heterocycles. The average Bonchev–Trinajstić information content (AvgIpc) is 2.92. The maximum Gasteiger partial charge on any atom is 0.322 e. The van der Waals surface area contributed by atoms with Crippen molar-refractivity contribution in [2.24, 2.45) is 0 Å². The Morgan fingerprint density at radius 3 is 2.85 bits per heavy atom. The van der Waals surface area contributed by atoms with Crippen LogP contribution in [0.15, 0.2) is 34.9 Å². The quantitative estimate of drug-likeness (QED) is 0.801. The Bertz CT molecular complexity index is 554. The van der Waals surface area contributed by atoms with Crippen molar-refractivity contribution in [1.82, 2.24) is 15.5 Å². The summed E-state index contributed by atoms with van der Waals surface area (Å²) in [7, 11) is 1.35. The Labute approximate surface area is 117 Å². The van der Waals surface area contributed by atoms with Crippen LogP contribution in [0.4, 0.5) is 0 Å². The van der Waals surface area contributed by atoms with Crippen molar-refractivity contribution in [2.75, 3.05) is 7.11 Å². The zero-order valence-corrected chi connectivity index (χ0v) is 11.5. The van der Waals surface area contributed by atoms with Crippen LogP contribution in [-0.2, 0) is 22.5 Å². The summed E-state index contributed by atoms with van der Waals surface area (Å²) in [6.45, 7) is 2.05. The lowest BCUT2D eigenvalue weighted by Gasteiger charge is -2.08. The highest BCUT2D eigenvalue weighted by molar-refractivity contribution is 5.74. The number of carbonyl (C=O) groups is 1. The first-order valence-electron chi connectivity index (χ1n) is 6.35. The normalized spacial score (nSPS) is 12.1. The van der Waals surface area contributed by atoms with Gasteiger partial charge in [-0.1, -0.05) is 35.5 Å². The number of nitrogens with one attached hydrogen (secondary N) is 1. The number of benzene rings is 1. The first kappa shape index (κ1) is 14.2. The third-order valence-electron chi connectivity index (χ3n) is 2.83. The van der Waals surface area contributed by atoms with Crippen molar-refractivity contribution in [1.29, 1.82) is 0 Å². The molecule has 0 fully saturated rings. The van der Waals surface area contributed by atoms with Crippen LogP contribution in [0.1, 0.15) is 24.2 Å². The molecule has 1 atom stereocenters. The summed E-state index contributed by atoms with van der Waals surface area (Å²) >= 11 is 0. The molecule has 6 nitrogen and oxygen atoms in total. The number of esters is 1. The molecule has 0 spiro atoms. The van der Waals surface area contributed by atoms with Gasteiger partial charge in [-0.3, -0.25) is 10.1 Å². The highest BCUT2D eigenvalue weighted by atomic mass is 16.5. The molecule has 0 bridgehead atoms. The van der Waals surface area contributed by atoms with Crippen LogP contribution in [0, 0.1) is 0 Å². The summed E-state index contributed by atoms with van der Waals surface area (Å²) in [6.07, 6.45) is 0.622. The third kappa shape index (κ3) is 3.89. The molecule has 0 amide bonds. The van der Waals surface area contributed by atoms with Crippen molar-refractivity contribution < 1.29 is 14.1 Å². The number of carbonyl (C=O) groups excluding carboxylic acids is 1. The van der Waals surface area contributed by atoms with Gasteiger partial charge in [0.25, 0.3) is 0 Å². The first-order valence-corrected chi connectivity index (χ1v) is 6.35. The molecule has 1 N–H and O–H groups in total. The van der Waals surface area contributed by atoms with Gasteiger partial charge >= 0.3 is 5.97 Å². The SMILES string of the molecule is COC(=O)C(C)NCc1nc(Cc2ccccc2)no1. The van der Waals surface area contributed by atoms with E-state index in [1.165, 1.54) is 7.11 Å². The number of aromatic nitrogens is 2. The van der Waals surface area contributed by atoms with E-state index in [-0.39, 0.29) is 5.97 Å². The molecule has 20 heavy (non-hydrogen) atoms. The van der Waals surface area contributed by atoms with E-state index in [9.17, 15) is 4.79 Å². The molecule has 1 aromatic carbocycles. The van der Waals surface area contributed by atoms with Gasteiger partial charge in [-0.2, -0.15) is 4.98 Å². The molecule has 2 aromatic rings. The van der Waals surface area contributed by atoms with Crippen LogP contribution < -0.4 is 5.32 Å². The van der Waals surface area contributed by atoms with Gasteiger partial charge in [-0.25, -0.2) is 0 Å². The Morgan fingerprint density at radius 1 is 1.40 bits per heavy atom. The molecule has 0 saturated carbocycles. The van der Waals surface area contributed by atoms with Crippen LogP contribution in [0.3, 0.4) is 0 Å². The minimum Gasteiger partial charge on any atom is -0.468 e. The molecule has 106 valence electrons. The first-order chi connectivity index (χ1) is 9.69. The molecule has 0 aliphatic carbocycles. The van der Waals surface area contributed by atoms with Crippen LogP contribution in [0.25, 0.3) is 0 Å². The van der Waals surface area contributed by atoms with Crippen molar-refractivity contribution in [3.63, 3.8) is 0 Å². The van der Waals surface area contributed by atoms with Gasteiger partial charge in [0, 0.05) is 6.42 Å². The molecule has 0 radical (unpaired) electrons.